The first-order chi connectivity index (χ1) is 13.9. The van der Waals surface area contributed by atoms with Gasteiger partial charge >= 0.3 is 0 Å². The predicted octanol–water partition coefficient (Wildman–Crippen LogP) is 3.90. The van der Waals surface area contributed by atoms with E-state index >= 15 is 0 Å². The number of anilines is 1. The Morgan fingerprint density at radius 2 is 1.97 bits per heavy atom. The van der Waals surface area contributed by atoms with Crippen LogP contribution in [0, 0.1) is 24.0 Å². The monoisotopic (exact) mass is 414 g/mol. The molecule has 2 aromatic carbocycles. The molecule has 1 N–H and O–H groups in total. The van der Waals surface area contributed by atoms with Gasteiger partial charge in [-0.15, -0.1) is 10.2 Å². The first kappa shape index (κ1) is 20.3. The van der Waals surface area contributed by atoms with E-state index < -0.39 is 4.92 Å². The van der Waals surface area contributed by atoms with E-state index in [1.165, 1.54) is 6.07 Å². The molecule has 3 rings (SSSR count). The van der Waals surface area contributed by atoms with Gasteiger partial charge in [0.05, 0.1) is 10.7 Å². The molecule has 10 heteroatoms. The minimum atomic E-state index is -0.488. The fraction of sp³-hybridized carbons (Fsp3) is 0.211. The van der Waals surface area contributed by atoms with Crippen molar-refractivity contribution < 1.29 is 18.9 Å². The molecule has 150 valence electrons. The van der Waals surface area contributed by atoms with Gasteiger partial charge in [-0.3, -0.25) is 14.9 Å². The number of nitro groups is 1. The Bertz CT molecular complexity index is 1020. The van der Waals surface area contributed by atoms with Gasteiger partial charge in [0.1, 0.15) is 5.75 Å². The number of hydrogen-bond donors (Lipinski definition) is 1. The fourth-order valence-electron chi connectivity index (χ4n) is 2.34. The Hall–Kier alpha value is -3.40. The maximum Gasteiger partial charge on any atom is 0.277 e. The van der Waals surface area contributed by atoms with Gasteiger partial charge in [0, 0.05) is 17.3 Å². The van der Waals surface area contributed by atoms with E-state index in [1.807, 2.05) is 31.2 Å². The molecule has 0 atom stereocenters. The van der Waals surface area contributed by atoms with E-state index in [1.54, 1.807) is 19.1 Å². The zero-order valence-corrected chi connectivity index (χ0v) is 16.6. The zero-order valence-electron chi connectivity index (χ0n) is 15.7. The molecule has 1 aromatic heterocycles. The van der Waals surface area contributed by atoms with Gasteiger partial charge in [0.25, 0.3) is 16.8 Å². The summed E-state index contributed by atoms with van der Waals surface area (Å²) in [7, 11) is 0. The Morgan fingerprint density at radius 3 is 2.69 bits per heavy atom. The van der Waals surface area contributed by atoms with Crippen LogP contribution in [0.5, 0.6) is 5.75 Å². The van der Waals surface area contributed by atoms with Crippen LogP contribution in [0.25, 0.3) is 0 Å². The highest BCUT2D eigenvalue weighted by Gasteiger charge is 2.14. The van der Waals surface area contributed by atoms with Crippen molar-refractivity contribution in [1.82, 2.24) is 10.2 Å². The molecular weight excluding hydrogens is 396 g/mol. The zero-order chi connectivity index (χ0) is 20.8. The smallest absolute Gasteiger partial charge is 0.277 e. The second-order valence-electron chi connectivity index (χ2n) is 6.16. The third kappa shape index (κ3) is 5.79. The summed E-state index contributed by atoms with van der Waals surface area (Å²) in [4.78, 5) is 22.6. The van der Waals surface area contributed by atoms with E-state index in [0.717, 1.165) is 17.3 Å². The van der Waals surface area contributed by atoms with Crippen LogP contribution in [0.4, 0.5) is 11.4 Å². The number of carbonyl (C=O) groups excluding carboxylic acids is 1. The lowest BCUT2D eigenvalue weighted by Crippen LogP contribution is -2.14. The summed E-state index contributed by atoms with van der Waals surface area (Å²) in [6.07, 6.45) is 0. The number of ether oxygens (including phenoxy) is 1. The standard InChI is InChI=1S/C19H18N4O5S/c1-12-3-7-15(8-4-12)27-10-18-21-22-19(28-18)29-11-17(24)20-14-6-5-13(2)16(9-14)23(25)26/h3-9H,10-11H2,1-2H3,(H,20,24). The van der Waals surface area contributed by atoms with E-state index in [4.69, 9.17) is 9.15 Å². The highest BCUT2D eigenvalue weighted by Crippen LogP contribution is 2.23. The van der Waals surface area contributed by atoms with Crippen molar-refractivity contribution in [2.24, 2.45) is 0 Å². The highest BCUT2D eigenvalue weighted by molar-refractivity contribution is 7.99. The maximum absolute atomic E-state index is 12.1. The summed E-state index contributed by atoms with van der Waals surface area (Å²) in [6.45, 7) is 3.74. The minimum absolute atomic E-state index is 0.0160. The van der Waals surface area contributed by atoms with Gasteiger partial charge in [-0.25, -0.2) is 0 Å². The van der Waals surface area contributed by atoms with Crippen molar-refractivity contribution in [1.29, 1.82) is 0 Å². The van der Waals surface area contributed by atoms with Crippen LogP contribution in [-0.4, -0.2) is 26.8 Å². The van der Waals surface area contributed by atoms with Gasteiger partial charge in [-0.1, -0.05) is 35.5 Å². The van der Waals surface area contributed by atoms with Crippen LogP contribution in [0.1, 0.15) is 17.0 Å². The molecule has 0 radical (unpaired) electrons. The number of nitrogens with zero attached hydrogens (tertiary/aromatic N) is 3. The Balaban J connectivity index is 1.49. The first-order valence-electron chi connectivity index (χ1n) is 8.60. The van der Waals surface area contributed by atoms with Crippen molar-refractivity contribution in [2.45, 2.75) is 25.7 Å². The summed E-state index contributed by atoms with van der Waals surface area (Å²) >= 11 is 1.06. The van der Waals surface area contributed by atoms with Gasteiger partial charge in [-0.2, -0.15) is 0 Å². The average molecular weight is 414 g/mol. The molecule has 0 saturated carbocycles. The van der Waals surface area contributed by atoms with Gasteiger partial charge in [0.15, 0.2) is 6.61 Å². The number of nitro benzene ring substituents is 1. The Morgan fingerprint density at radius 1 is 1.21 bits per heavy atom. The van der Waals surface area contributed by atoms with Crippen molar-refractivity contribution in [3.05, 3.63) is 69.6 Å². The lowest BCUT2D eigenvalue weighted by Gasteiger charge is -2.05. The number of aryl methyl sites for hydroxylation is 2. The molecule has 0 aliphatic carbocycles. The van der Waals surface area contributed by atoms with E-state index in [9.17, 15) is 14.9 Å². The first-order valence-corrected chi connectivity index (χ1v) is 9.59. The molecule has 0 spiro atoms. The summed E-state index contributed by atoms with van der Waals surface area (Å²) in [5.41, 5.74) is 1.96. The van der Waals surface area contributed by atoms with Crippen molar-refractivity contribution in [3.8, 4) is 5.75 Å². The normalized spacial score (nSPS) is 10.6. The number of amides is 1. The van der Waals surface area contributed by atoms with Crippen LogP contribution in [0.2, 0.25) is 0 Å². The molecule has 1 amide bonds. The number of hydrogen-bond acceptors (Lipinski definition) is 8. The average Bonchev–Trinajstić information content (AvgIpc) is 3.15. The lowest BCUT2D eigenvalue weighted by molar-refractivity contribution is -0.385. The number of nitrogens with one attached hydrogen (secondary N) is 1. The largest absolute Gasteiger partial charge is 0.484 e. The predicted molar refractivity (Wildman–Crippen MR) is 107 cm³/mol. The Kier molecular flexibility index (Phi) is 6.45. The molecule has 1 heterocycles. The van der Waals surface area contributed by atoms with Crippen molar-refractivity contribution >= 4 is 29.0 Å². The van der Waals surface area contributed by atoms with Gasteiger partial charge in [-0.05, 0) is 32.0 Å². The fourth-order valence-corrected chi connectivity index (χ4v) is 2.92. The van der Waals surface area contributed by atoms with Gasteiger partial charge < -0.3 is 14.5 Å². The molecule has 0 bridgehead atoms. The van der Waals surface area contributed by atoms with Crippen LogP contribution < -0.4 is 10.1 Å². The second-order valence-corrected chi connectivity index (χ2v) is 7.09. The molecular formula is C19H18N4O5S. The van der Waals surface area contributed by atoms with Gasteiger partial charge in [0.2, 0.25) is 5.91 Å². The molecule has 0 fully saturated rings. The second kappa shape index (κ2) is 9.20. The third-order valence-electron chi connectivity index (χ3n) is 3.85. The Labute approximate surface area is 170 Å². The SMILES string of the molecule is Cc1ccc(OCc2nnc(SCC(=O)Nc3ccc(C)c([N+](=O)[O-])c3)o2)cc1. The molecule has 29 heavy (non-hydrogen) atoms. The minimum Gasteiger partial charge on any atom is -0.484 e. The number of benzene rings is 2. The topological polar surface area (TPSA) is 120 Å². The van der Waals surface area contributed by atoms with Crippen LogP contribution in [0.15, 0.2) is 52.1 Å². The van der Waals surface area contributed by atoms with Crippen LogP contribution in [0.3, 0.4) is 0 Å². The maximum atomic E-state index is 12.1. The van der Waals surface area contributed by atoms with E-state index in [0.29, 0.717) is 22.9 Å². The molecule has 0 aliphatic heterocycles. The van der Waals surface area contributed by atoms with Crippen molar-refractivity contribution in [2.75, 3.05) is 11.1 Å². The van der Waals surface area contributed by atoms with E-state index in [2.05, 4.69) is 15.5 Å². The summed E-state index contributed by atoms with van der Waals surface area (Å²) in [5.74, 6) is 0.656. The molecule has 0 aliphatic rings. The number of rotatable bonds is 8. The molecule has 0 saturated heterocycles. The highest BCUT2D eigenvalue weighted by atomic mass is 32.2. The number of aromatic nitrogens is 2. The molecule has 0 unspecified atom stereocenters. The number of carbonyl (C=O) groups is 1. The lowest BCUT2D eigenvalue weighted by atomic mass is 10.2. The molecule has 9 nitrogen and oxygen atoms in total. The summed E-state index contributed by atoms with van der Waals surface area (Å²) in [6, 6.07) is 12.1. The van der Waals surface area contributed by atoms with Crippen LogP contribution >= 0.6 is 11.8 Å². The molecule has 3 aromatic rings. The summed E-state index contributed by atoms with van der Waals surface area (Å²) in [5, 5.41) is 21.6. The van der Waals surface area contributed by atoms with E-state index in [-0.39, 0.29) is 29.2 Å². The third-order valence-corrected chi connectivity index (χ3v) is 4.67. The van der Waals surface area contributed by atoms with Crippen molar-refractivity contribution in [3.63, 3.8) is 0 Å². The van der Waals surface area contributed by atoms with Crippen LogP contribution in [-0.2, 0) is 11.4 Å². The summed E-state index contributed by atoms with van der Waals surface area (Å²) < 4.78 is 11.0. The quantitative estimate of drug-likeness (QED) is 0.335. The number of thioether (sulfide) groups is 1.